The predicted octanol–water partition coefficient (Wildman–Crippen LogP) is 2.41. The quantitative estimate of drug-likeness (QED) is 0.739. The van der Waals surface area contributed by atoms with Crippen LogP contribution >= 0.6 is 0 Å². The molecule has 0 bridgehead atoms. The summed E-state index contributed by atoms with van der Waals surface area (Å²) in [6.07, 6.45) is 0. The van der Waals surface area contributed by atoms with Gasteiger partial charge in [-0.2, -0.15) is 8.78 Å². The van der Waals surface area contributed by atoms with E-state index in [9.17, 15) is 13.6 Å². The second kappa shape index (κ2) is 3.42. The first-order valence-corrected chi connectivity index (χ1v) is 3.57. The van der Waals surface area contributed by atoms with Crippen molar-refractivity contribution in [2.75, 3.05) is 0 Å². The molecule has 0 atom stereocenters. The van der Waals surface area contributed by atoms with Crippen molar-refractivity contribution in [1.82, 2.24) is 0 Å². The number of aliphatic carboxylic acids is 1. The van der Waals surface area contributed by atoms with Crippen LogP contribution in [-0.2, 0) is 10.7 Å². The monoisotopic (exact) mass is 197 g/mol. The number of nitrogens with zero attached hydrogens (tertiary/aromatic N) is 1. The molecule has 1 aromatic carbocycles. The minimum Gasteiger partial charge on any atom is -0.477 e. The predicted molar refractivity (Wildman–Crippen MR) is 44.2 cm³/mol. The fraction of sp³-hybridized carbons (Fsp3) is 0.111. The highest BCUT2D eigenvalue weighted by Gasteiger charge is 2.40. The van der Waals surface area contributed by atoms with Crippen molar-refractivity contribution < 1.29 is 18.7 Å². The summed E-state index contributed by atoms with van der Waals surface area (Å²) < 4.78 is 25.7. The minimum atomic E-state index is -3.90. The van der Waals surface area contributed by atoms with Gasteiger partial charge in [-0.25, -0.2) is 9.64 Å². The number of rotatable bonds is 2. The van der Waals surface area contributed by atoms with E-state index in [1.807, 2.05) is 0 Å². The van der Waals surface area contributed by atoms with Crippen LogP contribution in [0.5, 0.6) is 0 Å². The SMILES string of the molecule is [C-]#[N+]c1ccc(C(F)(F)C(=O)O)cc1. The van der Waals surface area contributed by atoms with Gasteiger partial charge in [0.25, 0.3) is 0 Å². The molecule has 0 aliphatic carbocycles. The number of carboxylic acid groups (broad SMARTS) is 1. The van der Waals surface area contributed by atoms with E-state index in [1.54, 1.807) is 0 Å². The molecule has 0 unspecified atom stereocenters. The van der Waals surface area contributed by atoms with Gasteiger partial charge in [-0.3, -0.25) is 0 Å². The molecule has 5 heteroatoms. The highest BCUT2D eigenvalue weighted by molar-refractivity contribution is 5.77. The van der Waals surface area contributed by atoms with Crippen molar-refractivity contribution in [3.63, 3.8) is 0 Å². The molecule has 0 saturated carbocycles. The molecule has 1 rings (SSSR count). The molecule has 0 spiro atoms. The van der Waals surface area contributed by atoms with Crippen LogP contribution < -0.4 is 0 Å². The smallest absolute Gasteiger partial charge is 0.379 e. The first-order valence-electron chi connectivity index (χ1n) is 3.57. The summed E-state index contributed by atoms with van der Waals surface area (Å²) in [5.74, 6) is -6.10. The highest BCUT2D eigenvalue weighted by Crippen LogP contribution is 2.29. The molecule has 3 nitrogen and oxygen atoms in total. The number of halogens is 2. The summed E-state index contributed by atoms with van der Waals surface area (Å²) in [6.45, 7) is 6.58. The normalized spacial score (nSPS) is 10.6. The molecular weight excluding hydrogens is 192 g/mol. The number of hydrogen-bond donors (Lipinski definition) is 1. The van der Waals surface area contributed by atoms with Crippen molar-refractivity contribution >= 4 is 11.7 Å². The fourth-order valence-corrected chi connectivity index (χ4v) is 0.869. The van der Waals surface area contributed by atoms with Crippen LogP contribution in [0.3, 0.4) is 0 Å². The first-order chi connectivity index (χ1) is 6.48. The largest absolute Gasteiger partial charge is 0.477 e. The Kier molecular flexibility index (Phi) is 2.47. The van der Waals surface area contributed by atoms with E-state index in [2.05, 4.69) is 4.85 Å². The van der Waals surface area contributed by atoms with Crippen molar-refractivity contribution in [3.8, 4) is 0 Å². The Labute approximate surface area is 78.4 Å². The molecule has 1 aromatic rings. The Morgan fingerprint density at radius 1 is 1.36 bits per heavy atom. The lowest BCUT2D eigenvalue weighted by Crippen LogP contribution is -2.24. The summed E-state index contributed by atoms with van der Waals surface area (Å²) in [5, 5.41) is 8.21. The molecule has 72 valence electrons. The zero-order chi connectivity index (χ0) is 10.8. The van der Waals surface area contributed by atoms with Crippen molar-refractivity contribution in [2.45, 2.75) is 5.92 Å². The van der Waals surface area contributed by atoms with Gasteiger partial charge in [-0.05, 0) is 0 Å². The van der Waals surface area contributed by atoms with Crippen LogP contribution in [0, 0.1) is 6.57 Å². The average molecular weight is 197 g/mol. The molecule has 0 saturated heterocycles. The maximum atomic E-state index is 12.8. The molecule has 0 aliphatic rings. The summed E-state index contributed by atoms with van der Waals surface area (Å²) in [5.41, 5.74) is -0.438. The first kappa shape index (κ1) is 10.1. The van der Waals surface area contributed by atoms with Gasteiger partial charge in [0.2, 0.25) is 0 Å². The molecule has 0 aromatic heterocycles. The lowest BCUT2D eigenvalue weighted by molar-refractivity contribution is -0.166. The Hall–Kier alpha value is -1.96. The maximum absolute atomic E-state index is 12.8. The van der Waals surface area contributed by atoms with Crippen LogP contribution in [0.25, 0.3) is 4.85 Å². The zero-order valence-electron chi connectivity index (χ0n) is 6.87. The molecule has 0 amide bonds. The third kappa shape index (κ3) is 1.69. The Bertz CT molecular complexity index is 392. The van der Waals surface area contributed by atoms with E-state index >= 15 is 0 Å². The topological polar surface area (TPSA) is 41.7 Å². The molecule has 14 heavy (non-hydrogen) atoms. The van der Waals surface area contributed by atoms with Gasteiger partial charge in [-0.15, -0.1) is 0 Å². The fourth-order valence-electron chi connectivity index (χ4n) is 0.869. The van der Waals surface area contributed by atoms with Crippen LogP contribution in [-0.4, -0.2) is 11.1 Å². The molecule has 0 fully saturated rings. The lowest BCUT2D eigenvalue weighted by atomic mass is 10.1. The van der Waals surface area contributed by atoms with Gasteiger partial charge >= 0.3 is 11.9 Å². The zero-order valence-corrected chi connectivity index (χ0v) is 6.87. The van der Waals surface area contributed by atoms with Crippen LogP contribution in [0.2, 0.25) is 0 Å². The maximum Gasteiger partial charge on any atom is 0.379 e. The highest BCUT2D eigenvalue weighted by atomic mass is 19.3. The molecule has 0 aliphatic heterocycles. The van der Waals surface area contributed by atoms with E-state index in [0.29, 0.717) is 0 Å². The Morgan fingerprint density at radius 2 is 1.86 bits per heavy atom. The standard InChI is InChI=1S/C9H5F2NO2/c1-12-7-4-2-6(3-5-7)9(10,11)8(13)14/h2-5H,(H,13,14). The van der Waals surface area contributed by atoms with Crippen molar-refractivity contribution in [2.24, 2.45) is 0 Å². The van der Waals surface area contributed by atoms with E-state index in [1.165, 1.54) is 0 Å². The minimum absolute atomic E-state index is 0.190. The van der Waals surface area contributed by atoms with Gasteiger partial charge in [0, 0.05) is 5.56 Å². The van der Waals surface area contributed by atoms with Gasteiger partial charge in [-0.1, -0.05) is 24.3 Å². The van der Waals surface area contributed by atoms with Crippen molar-refractivity contribution in [1.29, 1.82) is 0 Å². The third-order valence-corrected chi connectivity index (χ3v) is 1.63. The number of carboxylic acids is 1. The third-order valence-electron chi connectivity index (χ3n) is 1.63. The van der Waals surface area contributed by atoms with Crippen LogP contribution in [0.15, 0.2) is 24.3 Å². The second-order valence-corrected chi connectivity index (χ2v) is 2.54. The Balaban J connectivity index is 3.10. The van der Waals surface area contributed by atoms with Gasteiger partial charge in [0.15, 0.2) is 5.69 Å². The summed E-state index contributed by atoms with van der Waals surface area (Å²) in [7, 11) is 0. The number of hydrogen-bond acceptors (Lipinski definition) is 1. The average Bonchev–Trinajstić information content (AvgIpc) is 2.17. The second-order valence-electron chi connectivity index (χ2n) is 2.54. The van der Waals surface area contributed by atoms with E-state index < -0.39 is 17.5 Å². The molecule has 0 heterocycles. The summed E-state index contributed by atoms with van der Waals surface area (Å²) in [6, 6.07) is 4.17. The van der Waals surface area contributed by atoms with E-state index in [-0.39, 0.29) is 5.69 Å². The van der Waals surface area contributed by atoms with E-state index in [4.69, 9.17) is 11.7 Å². The van der Waals surface area contributed by atoms with E-state index in [0.717, 1.165) is 24.3 Å². The Morgan fingerprint density at radius 3 is 2.21 bits per heavy atom. The number of carbonyl (C=O) groups is 1. The van der Waals surface area contributed by atoms with Crippen LogP contribution in [0.1, 0.15) is 5.56 Å². The lowest BCUT2D eigenvalue weighted by Gasteiger charge is -2.10. The van der Waals surface area contributed by atoms with Crippen molar-refractivity contribution in [3.05, 3.63) is 41.2 Å². The van der Waals surface area contributed by atoms with Gasteiger partial charge in [0.1, 0.15) is 0 Å². The van der Waals surface area contributed by atoms with Gasteiger partial charge < -0.3 is 5.11 Å². The molecule has 0 radical (unpaired) electrons. The molecule has 1 N–H and O–H groups in total. The van der Waals surface area contributed by atoms with Crippen LogP contribution in [0.4, 0.5) is 14.5 Å². The van der Waals surface area contributed by atoms with Gasteiger partial charge in [0.05, 0.1) is 6.57 Å². The summed E-state index contributed by atoms with van der Waals surface area (Å²) >= 11 is 0. The summed E-state index contributed by atoms with van der Waals surface area (Å²) in [4.78, 5) is 13.2. The number of benzene rings is 1. The number of alkyl halides is 2. The molecular formula is C9H5F2NO2.